The molecule has 1 spiro atoms. The molecule has 7 atom stereocenters. The summed E-state index contributed by atoms with van der Waals surface area (Å²) in [6, 6.07) is 8.71. The van der Waals surface area contributed by atoms with Crippen molar-refractivity contribution in [1.29, 1.82) is 0 Å². The minimum absolute atomic E-state index is 0.00709. The van der Waals surface area contributed by atoms with Crippen LogP contribution in [0.1, 0.15) is 50.7 Å². The van der Waals surface area contributed by atoms with Gasteiger partial charge in [0.15, 0.2) is 0 Å². The molecule has 6 rings (SSSR count). The van der Waals surface area contributed by atoms with E-state index in [0.29, 0.717) is 5.92 Å². The van der Waals surface area contributed by atoms with E-state index in [2.05, 4.69) is 43.0 Å². The molecule has 28 heavy (non-hydrogen) atoms. The van der Waals surface area contributed by atoms with Crippen LogP contribution in [0.3, 0.4) is 0 Å². The molecular formula is C24H31NO3. The lowest BCUT2D eigenvalue weighted by atomic mass is 9.53. The number of benzene rings is 1. The first-order chi connectivity index (χ1) is 13.5. The molecule has 0 aromatic heterocycles. The van der Waals surface area contributed by atoms with Crippen molar-refractivity contribution in [2.75, 3.05) is 13.1 Å². The van der Waals surface area contributed by atoms with E-state index in [1.807, 2.05) is 0 Å². The van der Waals surface area contributed by atoms with Crippen LogP contribution in [0.4, 0.5) is 0 Å². The van der Waals surface area contributed by atoms with Gasteiger partial charge in [-0.05, 0) is 42.7 Å². The van der Waals surface area contributed by atoms with Crippen LogP contribution in [0.15, 0.2) is 24.3 Å². The summed E-state index contributed by atoms with van der Waals surface area (Å²) in [5.74, 6) is 0.835. The van der Waals surface area contributed by atoms with Gasteiger partial charge in [0.05, 0.1) is 12.0 Å². The van der Waals surface area contributed by atoms with Gasteiger partial charge >= 0.3 is 5.97 Å². The van der Waals surface area contributed by atoms with E-state index < -0.39 is 0 Å². The smallest absolute Gasteiger partial charge is 0.311 e. The minimum Gasteiger partial charge on any atom is -0.462 e. The first-order valence-corrected chi connectivity index (χ1v) is 11.2. The van der Waals surface area contributed by atoms with Crippen molar-refractivity contribution >= 4 is 5.97 Å². The predicted octanol–water partition coefficient (Wildman–Crippen LogP) is 3.57. The molecule has 5 aliphatic rings. The van der Waals surface area contributed by atoms with Gasteiger partial charge in [-0.3, -0.25) is 9.69 Å². The Morgan fingerprint density at radius 2 is 2.07 bits per heavy atom. The highest BCUT2D eigenvalue weighted by Crippen LogP contribution is 2.70. The number of esters is 1. The van der Waals surface area contributed by atoms with Crippen molar-refractivity contribution in [2.24, 2.45) is 23.2 Å². The second-order valence-electron chi connectivity index (χ2n) is 10.3. The first kappa shape index (κ1) is 17.5. The van der Waals surface area contributed by atoms with Crippen molar-refractivity contribution in [3.8, 4) is 0 Å². The van der Waals surface area contributed by atoms with Crippen molar-refractivity contribution < 1.29 is 14.3 Å². The fourth-order valence-corrected chi connectivity index (χ4v) is 7.43. The van der Waals surface area contributed by atoms with Gasteiger partial charge in [0.2, 0.25) is 0 Å². The fourth-order valence-electron chi connectivity index (χ4n) is 7.43. The van der Waals surface area contributed by atoms with Crippen molar-refractivity contribution in [1.82, 2.24) is 4.90 Å². The number of fused-ring (bicyclic) bond motifs is 3. The van der Waals surface area contributed by atoms with Crippen LogP contribution in [-0.2, 0) is 27.2 Å². The summed E-state index contributed by atoms with van der Waals surface area (Å²) in [6.45, 7) is 7.55. The van der Waals surface area contributed by atoms with E-state index in [0.717, 1.165) is 32.5 Å². The Morgan fingerprint density at radius 3 is 2.93 bits per heavy atom. The van der Waals surface area contributed by atoms with Gasteiger partial charge in [0.1, 0.15) is 11.7 Å². The molecular weight excluding hydrogens is 350 g/mol. The monoisotopic (exact) mass is 381 g/mol. The molecule has 0 N–H and O–H groups in total. The molecule has 1 aromatic rings. The zero-order valence-corrected chi connectivity index (χ0v) is 17.0. The van der Waals surface area contributed by atoms with E-state index in [4.69, 9.17) is 9.47 Å². The summed E-state index contributed by atoms with van der Waals surface area (Å²) < 4.78 is 12.6. The molecule has 3 heterocycles. The van der Waals surface area contributed by atoms with Crippen LogP contribution in [0.5, 0.6) is 0 Å². The van der Waals surface area contributed by atoms with E-state index in [9.17, 15) is 4.79 Å². The van der Waals surface area contributed by atoms with Crippen LogP contribution in [0.2, 0.25) is 0 Å². The molecule has 3 aliphatic heterocycles. The summed E-state index contributed by atoms with van der Waals surface area (Å²) in [5.41, 5.74) is 3.05. The molecule has 0 radical (unpaired) electrons. The Morgan fingerprint density at radius 1 is 1.25 bits per heavy atom. The van der Waals surface area contributed by atoms with E-state index in [1.165, 1.54) is 30.4 Å². The summed E-state index contributed by atoms with van der Waals surface area (Å²) >= 11 is 0. The highest BCUT2D eigenvalue weighted by Gasteiger charge is 2.78. The van der Waals surface area contributed by atoms with E-state index in [-0.39, 0.29) is 41.0 Å². The minimum atomic E-state index is -0.0293. The molecule has 0 bridgehead atoms. The van der Waals surface area contributed by atoms with Gasteiger partial charge in [-0.2, -0.15) is 0 Å². The highest BCUT2D eigenvalue weighted by molar-refractivity contribution is 5.76. The Labute approximate surface area is 167 Å². The number of ether oxygens (including phenoxy) is 2. The van der Waals surface area contributed by atoms with Crippen LogP contribution in [0.25, 0.3) is 0 Å². The Balaban J connectivity index is 1.24. The first-order valence-electron chi connectivity index (χ1n) is 11.2. The van der Waals surface area contributed by atoms with E-state index in [1.54, 1.807) is 0 Å². The summed E-state index contributed by atoms with van der Waals surface area (Å²) in [7, 11) is 0. The fraction of sp³-hybridized carbons (Fsp3) is 0.708. The maximum absolute atomic E-state index is 12.9. The molecule has 150 valence electrons. The molecule has 2 saturated heterocycles. The highest BCUT2D eigenvalue weighted by atomic mass is 16.6. The third-order valence-corrected chi connectivity index (χ3v) is 8.86. The second kappa shape index (κ2) is 5.82. The summed E-state index contributed by atoms with van der Waals surface area (Å²) in [4.78, 5) is 15.4. The lowest BCUT2D eigenvalue weighted by molar-refractivity contribution is -0.146. The number of carbonyl (C=O) groups excluding carboxylic acids is 1. The number of nitrogens with zero attached hydrogens (tertiary/aromatic N) is 1. The maximum Gasteiger partial charge on any atom is 0.311 e. The Kier molecular flexibility index (Phi) is 3.63. The zero-order valence-electron chi connectivity index (χ0n) is 17.0. The largest absolute Gasteiger partial charge is 0.462 e. The van der Waals surface area contributed by atoms with Crippen molar-refractivity contribution in [2.45, 2.75) is 70.3 Å². The molecule has 1 aromatic carbocycles. The Bertz CT molecular complexity index is 824. The SMILES string of the molecule is C[C@H]1CCC[C@]2(C)C[C@H]3OC(=O)C(CN4CCc5ccccc5C4)[C@H]3[C@@H]3O[C@@]132. The number of epoxide rings is 1. The lowest BCUT2D eigenvalue weighted by Crippen LogP contribution is -2.54. The standard InChI is InChI=1S/C24H31NO3/c1-15-6-5-10-23(2)12-19-20(21-24(15,23)28-21)18(22(26)27-19)14-25-11-9-16-7-3-4-8-17(16)13-25/h3-4,7-8,15,18-21H,5-6,9-14H2,1-2H3/t15-,18?,19+,20+,21-,23+,24-/m0/s1. The maximum atomic E-state index is 12.9. The lowest BCUT2D eigenvalue weighted by Gasteiger charge is -2.49. The second-order valence-corrected chi connectivity index (χ2v) is 10.3. The average Bonchev–Trinajstić information content (AvgIpc) is 3.37. The zero-order chi connectivity index (χ0) is 19.1. The van der Waals surface area contributed by atoms with Crippen molar-refractivity contribution in [3.05, 3.63) is 35.4 Å². The van der Waals surface area contributed by atoms with Gasteiger partial charge in [-0.25, -0.2) is 0 Å². The predicted molar refractivity (Wildman–Crippen MR) is 106 cm³/mol. The normalized spacial score (nSPS) is 46.8. The molecule has 0 amide bonds. The van der Waals surface area contributed by atoms with E-state index >= 15 is 0 Å². The molecule has 4 nitrogen and oxygen atoms in total. The van der Waals surface area contributed by atoms with Crippen LogP contribution < -0.4 is 0 Å². The van der Waals surface area contributed by atoms with Gasteiger partial charge in [0, 0.05) is 31.0 Å². The van der Waals surface area contributed by atoms with Crippen molar-refractivity contribution in [3.63, 3.8) is 0 Å². The quantitative estimate of drug-likeness (QED) is 0.580. The molecule has 1 unspecified atom stereocenters. The van der Waals surface area contributed by atoms with Gasteiger partial charge in [0.25, 0.3) is 0 Å². The number of carbonyl (C=O) groups is 1. The van der Waals surface area contributed by atoms with Gasteiger partial charge in [-0.1, -0.05) is 44.5 Å². The average molecular weight is 382 g/mol. The van der Waals surface area contributed by atoms with Crippen LogP contribution >= 0.6 is 0 Å². The number of hydrogen-bond acceptors (Lipinski definition) is 4. The third-order valence-electron chi connectivity index (χ3n) is 8.86. The number of rotatable bonds is 2. The van der Waals surface area contributed by atoms with Gasteiger partial charge in [-0.15, -0.1) is 0 Å². The molecule has 4 heteroatoms. The summed E-state index contributed by atoms with van der Waals surface area (Å²) in [6.07, 6.45) is 6.09. The van der Waals surface area contributed by atoms with Crippen LogP contribution in [-0.4, -0.2) is 41.8 Å². The third kappa shape index (κ3) is 2.22. The van der Waals surface area contributed by atoms with Crippen LogP contribution in [0, 0.1) is 23.2 Å². The number of hydrogen-bond donors (Lipinski definition) is 0. The summed E-state index contributed by atoms with van der Waals surface area (Å²) in [5, 5.41) is 0. The molecule has 4 fully saturated rings. The topological polar surface area (TPSA) is 42.1 Å². The molecule has 2 aliphatic carbocycles. The Hall–Kier alpha value is -1.39. The van der Waals surface area contributed by atoms with Gasteiger partial charge < -0.3 is 9.47 Å². The molecule has 2 saturated carbocycles.